The molecular weight excluding hydrogens is 368 g/mol. The third-order valence-corrected chi connectivity index (χ3v) is 4.06. The molecule has 158 valence electrons. The molecule has 0 spiro atoms. The SMILES string of the molecule is COc1ccc(CN=C(NCCc2ccco2)N(C)CC(=O)NC(C)(C)C)cc1. The van der Waals surface area contributed by atoms with Crippen LogP contribution in [0.3, 0.4) is 0 Å². The van der Waals surface area contributed by atoms with Gasteiger partial charge in [-0.1, -0.05) is 12.1 Å². The molecule has 7 heteroatoms. The van der Waals surface area contributed by atoms with E-state index in [1.807, 2.05) is 69.1 Å². The van der Waals surface area contributed by atoms with Crippen molar-refractivity contribution >= 4 is 11.9 Å². The van der Waals surface area contributed by atoms with Gasteiger partial charge >= 0.3 is 0 Å². The van der Waals surface area contributed by atoms with Crippen molar-refractivity contribution in [1.82, 2.24) is 15.5 Å². The molecule has 0 aliphatic carbocycles. The smallest absolute Gasteiger partial charge is 0.240 e. The number of aliphatic imine (C=N–C) groups is 1. The minimum Gasteiger partial charge on any atom is -0.497 e. The van der Waals surface area contributed by atoms with Crippen LogP contribution in [0.1, 0.15) is 32.1 Å². The molecule has 0 radical (unpaired) electrons. The molecule has 0 saturated heterocycles. The third kappa shape index (κ3) is 8.29. The first-order valence-electron chi connectivity index (χ1n) is 9.72. The molecule has 1 amide bonds. The Kier molecular flexibility index (Phi) is 8.12. The molecule has 0 saturated carbocycles. The average Bonchev–Trinajstić information content (AvgIpc) is 3.16. The summed E-state index contributed by atoms with van der Waals surface area (Å²) in [7, 11) is 3.50. The normalized spacial score (nSPS) is 11.8. The zero-order valence-electron chi connectivity index (χ0n) is 18.0. The van der Waals surface area contributed by atoms with E-state index in [2.05, 4.69) is 10.6 Å². The van der Waals surface area contributed by atoms with E-state index >= 15 is 0 Å². The Bertz CT molecular complexity index is 777. The van der Waals surface area contributed by atoms with E-state index in [1.165, 1.54) is 0 Å². The van der Waals surface area contributed by atoms with Crippen LogP contribution in [0, 0.1) is 0 Å². The summed E-state index contributed by atoms with van der Waals surface area (Å²) in [5.41, 5.74) is 0.786. The number of rotatable bonds is 8. The van der Waals surface area contributed by atoms with E-state index in [1.54, 1.807) is 13.4 Å². The van der Waals surface area contributed by atoms with Gasteiger partial charge in [0.25, 0.3) is 0 Å². The van der Waals surface area contributed by atoms with Gasteiger partial charge in [0.05, 0.1) is 26.5 Å². The lowest BCUT2D eigenvalue weighted by Gasteiger charge is -2.25. The molecule has 0 bridgehead atoms. The topological polar surface area (TPSA) is 79.1 Å². The Morgan fingerprint density at radius 3 is 2.52 bits per heavy atom. The highest BCUT2D eigenvalue weighted by molar-refractivity contribution is 5.86. The molecule has 7 nitrogen and oxygen atoms in total. The van der Waals surface area contributed by atoms with Crippen LogP contribution in [-0.2, 0) is 17.8 Å². The van der Waals surface area contributed by atoms with E-state index in [4.69, 9.17) is 14.1 Å². The van der Waals surface area contributed by atoms with Gasteiger partial charge in [-0.25, -0.2) is 4.99 Å². The number of nitrogens with one attached hydrogen (secondary N) is 2. The van der Waals surface area contributed by atoms with Gasteiger partial charge in [0, 0.05) is 25.6 Å². The number of methoxy groups -OCH3 is 1. The van der Waals surface area contributed by atoms with Crippen molar-refractivity contribution in [3.8, 4) is 5.75 Å². The fourth-order valence-electron chi connectivity index (χ4n) is 2.71. The summed E-state index contributed by atoms with van der Waals surface area (Å²) in [6.45, 7) is 7.26. The summed E-state index contributed by atoms with van der Waals surface area (Å²) < 4.78 is 10.6. The molecule has 0 atom stereocenters. The quantitative estimate of drug-likeness (QED) is 0.526. The first-order chi connectivity index (χ1) is 13.8. The maximum Gasteiger partial charge on any atom is 0.240 e. The van der Waals surface area contributed by atoms with Crippen molar-refractivity contribution in [3.63, 3.8) is 0 Å². The third-order valence-electron chi connectivity index (χ3n) is 4.06. The van der Waals surface area contributed by atoms with Crippen LogP contribution < -0.4 is 15.4 Å². The molecule has 2 N–H and O–H groups in total. The van der Waals surface area contributed by atoms with Crippen molar-refractivity contribution in [3.05, 3.63) is 54.0 Å². The van der Waals surface area contributed by atoms with Gasteiger partial charge in [0.15, 0.2) is 5.96 Å². The van der Waals surface area contributed by atoms with Gasteiger partial charge in [0.2, 0.25) is 5.91 Å². The Balaban J connectivity index is 2.02. The Morgan fingerprint density at radius 1 is 1.21 bits per heavy atom. The van der Waals surface area contributed by atoms with Crippen molar-refractivity contribution in [2.24, 2.45) is 4.99 Å². The number of benzene rings is 1. The van der Waals surface area contributed by atoms with E-state index in [-0.39, 0.29) is 18.0 Å². The zero-order chi connectivity index (χ0) is 21.3. The number of hydrogen-bond acceptors (Lipinski definition) is 4. The summed E-state index contributed by atoms with van der Waals surface area (Å²) in [4.78, 5) is 18.8. The lowest BCUT2D eigenvalue weighted by molar-refractivity contribution is -0.122. The number of carbonyl (C=O) groups is 1. The summed E-state index contributed by atoms with van der Waals surface area (Å²) >= 11 is 0. The highest BCUT2D eigenvalue weighted by Crippen LogP contribution is 2.12. The van der Waals surface area contributed by atoms with E-state index in [9.17, 15) is 4.79 Å². The summed E-state index contributed by atoms with van der Waals surface area (Å²) in [6.07, 6.45) is 2.40. The van der Waals surface area contributed by atoms with Crippen LogP contribution in [0.25, 0.3) is 0 Å². The highest BCUT2D eigenvalue weighted by atomic mass is 16.5. The van der Waals surface area contributed by atoms with Crippen LogP contribution in [0.4, 0.5) is 0 Å². The first-order valence-corrected chi connectivity index (χ1v) is 9.72. The molecule has 2 rings (SSSR count). The Morgan fingerprint density at radius 2 is 1.93 bits per heavy atom. The van der Waals surface area contributed by atoms with E-state index < -0.39 is 0 Å². The first kappa shape index (κ1) is 22.3. The van der Waals surface area contributed by atoms with Crippen LogP contribution in [-0.4, -0.2) is 49.6 Å². The monoisotopic (exact) mass is 400 g/mol. The number of furan rings is 1. The van der Waals surface area contributed by atoms with Crippen LogP contribution in [0.5, 0.6) is 5.75 Å². The number of nitrogens with zero attached hydrogens (tertiary/aromatic N) is 2. The predicted octanol–water partition coefficient (Wildman–Crippen LogP) is 2.82. The largest absolute Gasteiger partial charge is 0.497 e. The zero-order valence-corrected chi connectivity index (χ0v) is 18.0. The fraction of sp³-hybridized carbons (Fsp3) is 0.455. The van der Waals surface area contributed by atoms with Crippen molar-refractivity contribution < 1.29 is 13.9 Å². The van der Waals surface area contributed by atoms with E-state index in [0.29, 0.717) is 19.0 Å². The second-order valence-corrected chi connectivity index (χ2v) is 7.90. The van der Waals surface area contributed by atoms with Gasteiger partial charge in [-0.2, -0.15) is 0 Å². The molecule has 0 aliphatic heterocycles. The molecule has 2 aromatic rings. The van der Waals surface area contributed by atoms with Crippen LogP contribution in [0.15, 0.2) is 52.1 Å². The minimum absolute atomic E-state index is 0.0509. The second-order valence-electron chi connectivity index (χ2n) is 7.90. The molecule has 29 heavy (non-hydrogen) atoms. The molecule has 1 aromatic heterocycles. The summed E-state index contributed by atoms with van der Waals surface area (Å²) in [5.74, 6) is 2.33. The van der Waals surface area contributed by atoms with Gasteiger partial charge in [-0.3, -0.25) is 4.79 Å². The molecule has 0 aliphatic rings. The van der Waals surface area contributed by atoms with E-state index in [0.717, 1.165) is 23.5 Å². The Hall–Kier alpha value is -2.96. The molecule has 0 unspecified atom stereocenters. The van der Waals surface area contributed by atoms with Gasteiger partial charge in [-0.15, -0.1) is 0 Å². The van der Waals surface area contributed by atoms with Crippen molar-refractivity contribution in [2.45, 2.75) is 39.3 Å². The number of amides is 1. The summed E-state index contributed by atoms with van der Waals surface area (Å²) in [6, 6.07) is 11.6. The number of guanidine groups is 1. The molecule has 1 heterocycles. The van der Waals surface area contributed by atoms with Gasteiger partial charge in [-0.05, 0) is 50.6 Å². The Labute approximate surface area is 173 Å². The minimum atomic E-state index is -0.273. The molecule has 0 fully saturated rings. The number of ether oxygens (including phenoxy) is 1. The number of carbonyl (C=O) groups excluding carboxylic acids is 1. The van der Waals surface area contributed by atoms with Crippen molar-refractivity contribution in [2.75, 3.05) is 27.2 Å². The predicted molar refractivity (Wildman–Crippen MR) is 115 cm³/mol. The lowest BCUT2D eigenvalue weighted by atomic mass is 10.1. The lowest BCUT2D eigenvalue weighted by Crippen LogP contribution is -2.49. The number of likely N-dealkylation sites (N-methyl/N-ethyl adjacent to an activating group) is 1. The number of hydrogen-bond donors (Lipinski definition) is 2. The van der Waals surface area contributed by atoms with Gasteiger partial charge < -0.3 is 24.7 Å². The molecular formula is C22H32N4O3. The average molecular weight is 401 g/mol. The van der Waals surface area contributed by atoms with Gasteiger partial charge in [0.1, 0.15) is 11.5 Å². The maximum atomic E-state index is 12.3. The standard InChI is InChI=1S/C22H32N4O3/c1-22(2,3)25-20(27)16-26(4)21(23-13-12-19-7-6-14-29-19)24-15-17-8-10-18(28-5)11-9-17/h6-11,14H,12-13,15-16H2,1-5H3,(H,23,24)(H,25,27). The van der Waals surface area contributed by atoms with Crippen molar-refractivity contribution in [1.29, 1.82) is 0 Å². The second kappa shape index (κ2) is 10.5. The van der Waals surface area contributed by atoms with Crippen LogP contribution in [0.2, 0.25) is 0 Å². The maximum absolute atomic E-state index is 12.3. The molecule has 1 aromatic carbocycles. The highest BCUT2D eigenvalue weighted by Gasteiger charge is 2.17. The summed E-state index contributed by atoms with van der Waals surface area (Å²) in [5, 5.41) is 6.31. The fourth-order valence-corrected chi connectivity index (χ4v) is 2.71. The van der Waals surface area contributed by atoms with Crippen LogP contribution >= 0.6 is 0 Å².